The molecule has 2 bridgehead atoms. The van der Waals surface area contributed by atoms with E-state index in [1.54, 1.807) is 62.9 Å². The molecule has 3 fully saturated rings. The molecular formula is C35H41BrClN3O4S. The molecule has 1 spiro atoms. The fourth-order valence-electron chi connectivity index (χ4n) is 7.42. The molecule has 0 saturated carbocycles. The molecule has 10 heteroatoms. The fraction of sp³-hybridized carbons (Fsp3) is 0.457. The zero-order valence-corrected chi connectivity index (χ0v) is 28.9. The first kappa shape index (κ1) is 33.8. The minimum Gasteiger partial charge on any atom is -0.394 e. The number of alkyl halides is 1. The summed E-state index contributed by atoms with van der Waals surface area (Å²) in [7, 11) is 0. The maximum Gasteiger partial charge on any atom is 0.251 e. The van der Waals surface area contributed by atoms with Crippen LogP contribution in [0.15, 0.2) is 79.9 Å². The topological polar surface area (TPSA) is 81.2 Å². The molecular weight excluding hydrogens is 674 g/mol. The molecule has 3 aliphatic heterocycles. The first-order chi connectivity index (χ1) is 21.6. The van der Waals surface area contributed by atoms with Gasteiger partial charge < -0.3 is 19.8 Å². The van der Waals surface area contributed by atoms with Gasteiger partial charge in [-0.05, 0) is 42.2 Å². The third-order valence-electron chi connectivity index (χ3n) is 9.68. The Morgan fingerprint density at radius 1 is 1.13 bits per heavy atom. The van der Waals surface area contributed by atoms with E-state index >= 15 is 0 Å². The monoisotopic (exact) mass is 713 g/mol. The molecule has 7 nitrogen and oxygen atoms in total. The van der Waals surface area contributed by atoms with Crippen LogP contribution in [0.25, 0.3) is 0 Å². The van der Waals surface area contributed by atoms with E-state index in [9.17, 15) is 19.5 Å². The van der Waals surface area contributed by atoms with E-state index in [2.05, 4.69) is 29.1 Å². The van der Waals surface area contributed by atoms with E-state index in [1.165, 1.54) is 0 Å². The summed E-state index contributed by atoms with van der Waals surface area (Å²) in [6.45, 7) is 12.5. The predicted molar refractivity (Wildman–Crippen MR) is 185 cm³/mol. The van der Waals surface area contributed by atoms with Crippen molar-refractivity contribution in [2.24, 2.45) is 17.8 Å². The molecule has 3 unspecified atom stereocenters. The number of halogens is 2. The van der Waals surface area contributed by atoms with Crippen molar-refractivity contribution in [3.63, 3.8) is 0 Å². The van der Waals surface area contributed by atoms with Gasteiger partial charge >= 0.3 is 0 Å². The molecule has 3 aliphatic rings. The molecule has 1 N–H and O–H groups in total. The first-order valence-electron chi connectivity index (χ1n) is 15.5. The van der Waals surface area contributed by atoms with Crippen LogP contribution in [0.4, 0.5) is 5.69 Å². The number of anilines is 1. The van der Waals surface area contributed by atoms with Crippen LogP contribution in [0, 0.1) is 17.8 Å². The predicted octanol–water partition coefficient (Wildman–Crippen LogP) is 5.95. The minimum absolute atomic E-state index is 0.0701. The van der Waals surface area contributed by atoms with E-state index < -0.39 is 28.7 Å². The summed E-state index contributed by atoms with van der Waals surface area (Å²) in [6, 6.07) is 15.4. The lowest BCUT2D eigenvalue weighted by Crippen LogP contribution is -2.59. The lowest BCUT2D eigenvalue weighted by atomic mass is 9.70. The average Bonchev–Trinajstić information content (AvgIpc) is 3.63. The zero-order chi connectivity index (χ0) is 32.5. The van der Waals surface area contributed by atoms with Gasteiger partial charge in [-0.2, -0.15) is 0 Å². The molecule has 2 aromatic carbocycles. The summed E-state index contributed by atoms with van der Waals surface area (Å²) in [5.41, 5.74) is 1.63. The van der Waals surface area contributed by atoms with Crippen molar-refractivity contribution in [3.8, 4) is 0 Å². The molecule has 0 aromatic heterocycles. The molecule has 3 heterocycles. The largest absolute Gasteiger partial charge is 0.394 e. The Balaban J connectivity index is 1.61. The van der Waals surface area contributed by atoms with Gasteiger partial charge in [-0.25, -0.2) is 0 Å². The van der Waals surface area contributed by atoms with Gasteiger partial charge in [-0.15, -0.1) is 24.9 Å². The number of hydrogen-bond acceptors (Lipinski definition) is 5. The van der Waals surface area contributed by atoms with Gasteiger partial charge in [-0.1, -0.05) is 90.3 Å². The van der Waals surface area contributed by atoms with Crippen molar-refractivity contribution >= 4 is 62.7 Å². The van der Waals surface area contributed by atoms with Crippen LogP contribution >= 0.6 is 39.3 Å². The molecule has 5 rings (SSSR count). The second-order valence-electron chi connectivity index (χ2n) is 12.3. The van der Waals surface area contributed by atoms with Crippen LogP contribution in [-0.2, 0) is 20.9 Å². The highest BCUT2D eigenvalue weighted by Gasteiger charge is 2.76. The van der Waals surface area contributed by atoms with E-state index in [0.717, 1.165) is 5.56 Å². The minimum atomic E-state index is -0.883. The summed E-state index contributed by atoms with van der Waals surface area (Å²) in [5.74, 6) is -2.00. The highest BCUT2D eigenvalue weighted by atomic mass is 79.9. The molecule has 2 aromatic rings. The number of hydrogen-bond donors (Lipinski definition) is 1. The van der Waals surface area contributed by atoms with Crippen molar-refractivity contribution in [2.45, 2.75) is 60.1 Å². The number of nitrogens with zero attached hydrogens (tertiary/aromatic N) is 3. The molecule has 3 saturated heterocycles. The number of benzene rings is 2. The van der Waals surface area contributed by atoms with Gasteiger partial charge in [0.1, 0.15) is 6.04 Å². The number of aliphatic hydroxyl groups excluding tert-OH is 1. The van der Waals surface area contributed by atoms with Gasteiger partial charge in [0.05, 0.1) is 29.2 Å². The number of rotatable bonds is 13. The quantitative estimate of drug-likeness (QED) is 0.205. The molecule has 45 heavy (non-hydrogen) atoms. The standard InChI is InChI=1S/C35H41BrClN3O4S/c1-5-17-38(20-23-11-9-8-10-12-23)32(42)28-29-33(43)40(27(21-41)22(4)7-3)31(35(29)19-26(36)30(28)45-35)34(44)39(18-6-2)25-15-13-24(37)14-16-25/h5-6,8-16,22,26-31,41H,1-2,7,17-21H2,3-4H3/t22-,26?,27-,28-,29-,30-,31?,35?/m0/s1. The van der Waals surface area contributed by atoms with Crippen molar-refractivity contribution in [3.05, 3.63) is 90.5 Å². The van der Waals surface area contributed by atoms with Crippen LogP contribution in [0.2, 0.25) is 5.02 Å². The van der Waals surface area contributed by atoms with Gasteiger partial charge in [0.15, 0.2) is 0 Å². The Morgan fingerprint density at radius 2 is 1.80 bits per heavy atom. The van der Waals surface area contributed by atoms with Crippen LogP contribution in [0.5, 0.6) is 0 Å². The summed E-state index contributed by atoms with van der Waals surface area (Å²) < 4.78 is -0.855. The number of carbonyl (C=O) groups excluding carboxylic acids is 3. The Morgan fingerprint density at radius 3 is 2.40 bits per heavy atom. The molecule has 3 amide bonds. The zero-order valence-electron chi connectivity index (χ0n) is 25.7. The van der Waals surface area contributed by atoms with Crippen molar-refractivity contribution in [1.82, 2.24) is 9.80 Å². The second-order valence-corrected chi connectivity index (χ2v) is 15.4. The van der Waals surface area contributed by atoms with Gasteiger partial charge in [-0.3, -0.25) is 14.4 Å². The maximum absolute atomic E-state index is 14.9. The number of carbonyl (C=O) groups is 3. The number of thioether (sulfide) groups is 1. The molecule has 8 atom stereocenters. The normalized spacial score (nSPS) is 28.0. The third-order valence-corrected chi connectivity index (χ3v) is 13.2. The lowest BCUT2D eigenvalue weighted by Gasteiger charge is -2.41. The smallest absolute Gasteiger partial charge is 0.251 e. The maximum atomic E-state index is 14.9. The van der Waals surface area contributed by atoms with Crippen LogP contribution in [-0.4, -0.2) is 79.2 Å². The van der Waals surface area contributed by atoms with E-state index in [0.29, 0.717) is 36.6 Å². The SMILES string of the molecule is C=CCN(Cc1ccccc1)C(=O)[C@H]1[C@H]2C(=O)N([C@@H](CO)[C@@H](C)CC)C(C(=O)N(CC=C)c3ccc(Cl)cc3)C23CC(Br)[C@@H]1S3. The van der Waals surface area contributed by atoms with Gasteiger partial charge in [0.2, 0.25) is 11.8 Å². The van der Waals surface area contributed by atoms with Crippen molar-refractivity contribution < 1.29 is 19.5 Å². The van der Waals surface area contributed by atoms with Crippen molar-refractivity contribution in [2.75, 3.05) is 24.6 Å². The fourth-order valence-corrected chi connectivity index (χ4v) is 11.1. The summed E-state index contributed by atoms with van der Waals surface area (Å²) in [6.07, 6.45) is 4.64. The van der Waals surface area contributed by atoms with Gasteiger partial charge in [0.25, 0.3) is 5.91 Å². The number of fused-ring (bicyclic) bond motifs is 1. The average molecular weight is 715 g/mol. The van der Waals surface area contributed by atoms with E-state index in [-0.39, 0.29) is 46.9 Å². The molecule has 0 aliphatic carbocycles. The highest BCUT2D eigenvalue weighted by Crippen LogP contribution is 2.68. The Bertz CT molecular complexity index is 1430. The third kappa shape index (κ3) is 6.01. The number of amides is 3. The summed E-state index contributed by atoms with van der Waals surface area (Å²) in [5, 5.41) is 11.1. The number of likely N-dealkylation sites (tertiary alicyclic amines) is 1. The van der Waals surface area contributed by atoms with Crippen LogP contribution in [0.1, 0.15) is 32.3 Å². The summed E-state index contributed by atoms with van der Waals surface area (Å²) >= 11 is 11.7. The Hall–Kier alpha value is -2.59. The van der Waals surface area contributed by atoms with Crippen molar-refractivity contribution in [1.29, 1.82) is 0 Å². The van der Waals surface area contributed by atoms with Gasteiger partial charge in [0, 0.05) is 40.4 Å². The molecule has 240 valence electrons. The number of aliphatic hydroxyl groups is 1. The first-order valence-corrected chi connectivity index (χ1v) is 17.7. The highest BCUT2D eigenvalue weighted by molar-refractivity contribution is 9.09. The van der Waals surface area contributed by atoms with Crippen LogP contribution in [0.3, 0.4) is 0 Å². The Labute approximate surface area is 283 Å². The van der Waals surface area contributed by atoms with Crippen LogP contribution < -0.4 is 4.90 Å². The summed E-state index contributed by atoms with van der Waals surface area (Å²) in [4.78, 5) is 49.3. The molecule has 0 radical (unpaired) electrons. The van der Waals surface area contributed by atoms with E-state index in [1.807, 2.05) is 44.2 Å². The van der Waals surface area contributed by atoms with E-state index in [4.69, 9.17) is 11.6 Å². The lowest BCUT2D eigenvalue weighted by molar-refractivity contribution is -0.146. The second kappa shape index (κ2) is 14.0. The Kier molecular flexibility index (Phi) is 10.5.